The molecule has 2 aromatic carbocycles. The lowest BCUT2D eigenvalue weighted by atomic mass is 10.1. The summed E-state index contributed by atoms with van der Waals surface area (Å²) in [4.78, 5) is 31.4. The highest BCUT2D eigenvalue weighted by Gasteiger charge is 2.23. The summed E-state index contributed by atoms with van der Waals surface area (Å²) < 4.78 is 5.45. The van der Waals surface area contributed by atoms with E-state index in [0.717, 1.165) is 10.4 Å². The number of amides is 2. The Hall–Kier alpha value is -2.96. The van der Waals surface area contributed by atoms with Gasteiger partial charge in [-0.25, -0.2) is 0 Å². The summed E-state index contributed by atoms with van der Waals surface area (Å²) in [6.45, 7) is 6.75. The van der Waals surface area contributed by atoms with Crippen LogP contribution in [0.5, 0.6) is 0 Å². The van der Waals surface area contributed by atoms with Crippen molar-refractivity contribution < 1.29 is 14.3 Å². The predicted octanol–water partition coefficient (Wildman–Crippen LogP) is 5.15. The summed E-state index contributed by atoms with van der Waals surface area (Å²) >= 11 is 1.66. The van der Waals surface area contributed by atoms with Crippen LogP contribution >= 0.6 is 11.3 Å². The van der Waals surface area contributed by atoms with Gasteiger partial charge in [-0.3, -0.25) is 9.59 Å². The summed E-state index contributed by atoms with van der Waals surface area (Å²) in [7, 11) is 0. The molecule has 1 heterocycles. The molecule has 0 aliphatic carbocycles. The van der Waals surface area contributed by atoms with Gasteiger partial charge < -0.3 is 14.5 Å². The predicted molar refractivity (Wildman–Crippen MR) is 133 cm³/mol. The zero-order valence-electron chi connectivity index (χ0n) is 19.4. The molecule has 33 heavy (non-hydrogen) atoms. The lowest BCUT2D eigenvalue weighted by Crippen LogP contribution is -2.43. The molecule has 3 rings (SSSR count). The molecule has 6 heteroatoms. The van der Waals surface area contributed by atoms with Crippen LogP contribution in [0.2, 0.25) is 0 Å². The van der Waals surface area contributed by atoms with Gasteiger partial charge in [0.25, 0.3) is 5.91 Å². The average molecular weight is 465 g/mol. The monoisotopic (exact) mass is 464 g/mol. The molecule has 3 aromatic rings. The first kappa shape index (κ1) is 24.7. The zero-order valence-corrected chi connectivity index (χ0v) is 20.2. The molecule has 0 fully saturated rings. The van der Waals surface area contributed by atoms with E-state index in [1.165, 1.54) is 5.56 Å². The van der Waals surface area contributed by atoms with Gasteiger partial charge in [-0.1, -0.05) is 48.5 Å². The van der Waals surface area contributed by atoms with E-state index in [1.807, 2.05) is 60.4 Å². The Morgan fingerprint density at radius 3 is 2.24 bits per heavy atom. The van der Waals surface area contributed by atoms with E-state index in [2.05, 4.69) is 18.4 Å². The highest BCUT2D eigenvalue weighted by atomic mass is 32.1. The molecule has 0 bridgehead atoms. The lowest BCUT2D eigenvalue weighted by Gasteiger charge is -2.28. The highest BCUT2D eigenvalue weighted by Crippen LogP contribution is 2.20. The standard InChI is InChI=1S/C27H32N2O3S/c1-3-32-17-10-16-28(27(31)24-13-8-5-9-14-24)21-26(30)29(19-23-11-6-4-7-12-23)20-25-22(2)15-18-33-25/h4-9,11-15,18H,3,10,16-17,19-21H2,1-2H3. The van der Waals surface area contributed by atoms with Crippen LogP contribution in [0, 0.1) is 6.92 Å². The van der Waals surface area contributed by atoms with Gasteiger partial charge in [0.1, 0.15) is 6.54 Å². The Morgan fingerprint density at radius 2 is 1.61 bits per heavy atom. The minimum absolute atomic E-state index is 0.0388. The lowest BCUT2D eigenvalue weighted by molar-refractivity contribution is -0.133. The SMILES string of the molecule is CCOCCCN(CC(=O)N(Cc1ccccc1)Cc1sccc1C)C(=O)c1ccccc1. The van der Waals surface area contributed by atoms with Crippen molar-refractivity contribution in [1.29, 1.82) is 0 Å². The van der Waals surface area contributed by atoms with Crippen LogP contribution in [0.15, 0.2) is 72.1 Å². The van der Waals surface area contributed by atoms with Crippen molar-refractivity contribution >= 4 is 23.2 Å². The molecular formula is C27H32N2O3S. The number of carbonyl (C=O) groups excluding carboxylic acids is 2. The summed E-state index contributed by atoms with van der Waals surface area (Å²) in [6, 6.07) is 21.2. The maximum Gasteiger partial charge on any atom is 0.254 e. The molecule has 0 saturated carbocycles. The van der Waals surface area contributed by atoms with Crippen molar-refractivity contribution in [3.05, 3.63) is 93.7 Å². The molecule has 0 spiro atoms. The van der Waals surface area contributed by atoms with Crippen molar-refractivity contribution in [2.45, 2.75) is 33.4 Å². The highest BCUT2D eigenvalue weighted by molar-refractivity contribution is 7.10. The first-order valence-corrected chi connectivity index (χ1v) is 12.2. The third-order valence-corrected chi connectivity index (χ3v) is 6.43. The van der Waals surface area contributed by atoms with E-state index in [-0.39, 0.29) is 18.4 Å². The Bertz CT molecular complexity index is 1000. The molecule has 5 nitrogen and oxygen atoms in total. The van der Waals surface area contributed by atoms with Crippen molar-refractivity contribution in [3.8, 4) is 0 Å². The second-order valence-corrected chi connectivity index (χ2v) is 8.91. The maximum absolute atomic E-state index is 13.5. The normalized spacial score (nSPS) is 10.7. The van der Waals surface area contributed by atoms with E-state index in [0.29, 0.717) is 44.8 Å². The van der Waals surface area contributed by atoms with E-state index < -0.39 is 0 Å². The van der Waals surface area contributed by atoms with Crippen LogP contribution in [0.3, 0.4) is 0 Å². The van der Waals surface area contributed by atoms with Gasteiger partial charge in [0.2, 0.25) is 5.91 Å². The quantitative estimate of drug-likeness (QED) is 0.348. The number of aryl methyl sites for hydroxylation is 1. The number of hydrogen-bond acceptors (Lipinski definition) is 4. The van der Waals surface area contributed by atoms with E-state index >= 15 is 0 Å². The fourth-order valence-corrected chi connectivity index (χ4v) is 4.48. The zero-order chi connectivity index (χ0) is 23.5. The van der Waals surface area contributed by atoms with Gasteiger partial charge in [-0.2, -0.15) is 0 Å². The number of carbonyl (C=O) groups is 2. The largest absolute Gasteiger partial charge is 0.382 e. The first-order valence-electron chi connectivity index (χ1n) is 11.3. The van der Waals surface area contributed by atoms with Crippen LogP contribution in [-0.2, 0) is 22.6 Å². The van der Waals surface area contributed by atoms with E-state index in [4.69, 9.17) is 4.74 Å². The van der Waals surface area contributed by atoms with Crippen molar-refractivity contribution in [1.82, 2.24) is 9.80 Å². The summed E-state index contributed by atoms with van der Waals surface area (Å²) in [5.41, 5.74) is 2.84. The summed E-state index contributed by atoms with van der Waals surface area (Å²) in [5, 5.41) is 2.05. The number of benzene rings is 2. The van der Waals surface area contributed by atoms with Crippen LogP contribution < -0.4 is 0 Å². The average Bonchev–Trinajstić information content (AvgIpc) is 3.25. The Balaban J connectivity index is 1.78. The molecule has 0 N–H and O–H groups in total. The molecule has 174 valence electrons. The number of nitrogens with zero attached hydrogens (tertiary/aromatic N) is 2. The second kappa shape index (κ2) is 12.9. The molecule has 0 aliphatic rings. The fraction of sp³-hybridized carbons (Fsp3) is 0.333. The summed E-state index contributed by atoms with van der Waals surface area (Å²) in [5.74, 6) is -0.195. The van der Waals surface area contributed by atoms with Crippen LogP contribution in [0.1, 0.15) is 39.7 Å². The molecule has 0 unspecified atom stereocenters. The van der Waals surface area contributed by atoms with Crippen LogP contribution in [0.25, 0.3) is 0 Å². The third-order valence-electron chi connectivity index (χ3n) is 5.43. The van der Waals surface area contributed by atoms with E-state index in [9.17, 15) is 9.59 Å². The summed E-state index contributed by atoms with van der Waals surface area (Å²) in [6.07, 6.45) is 0.683. The maximum atomic E-state index is 13.5. The Morgan fingerprint density at radius 1 is 0.909 bits per heavy atom. The van der Waals surface area contributed by atoms with Gasteiger partial charge in [0.15, 0.2) is 0 Å². The second-order valence-electron chi connectivity index (χ2n) is 7.91. The minimum Gasteiger partial charge on any atom is -0.382 e. The minimum atomic E-state index is -0.132. The number of rotatable bonds is 12. The number of ether oxygens (including phenoxy) is 1. The van der Waals surface area contributed by atoms with Crippen molar-refractivity contribution in [2.75, 3.05) is 26.3 Å². The molecule has 2 amide bonds. The van der Waals surface area contributed by atoms with Gasteiger partial charge >= 0.3 is 0 Å². The smallest absolute Gasteiger partial charge is 0.254 e. The fourth-order valence-electron chi connectivity index (χ4n) is 3.56. The topological polar surface area (TPSA) is 49.9 Å². The molecule has 0 radical (unpaired) electrons. The van der Waals surface area contributed by atoms with Crippen molar-refractivity contribution in [3.63, 3.8) is 0 Å². The first-order chi connectivity index (χ1) is 16.1. The van der Waals surface area contributed by atoms with Gasteiger partial charge in [0.05, 0.1) is 6.54 Å². The Kier molecular flexibility index (Phi) is 9.66. The van der Waals surface area contributed by atoms with E-state index in [1.54, 1.807) is 28.4 Å². The molecule has 1 aromatic heterocycles. The molecule has 0 atom stereocenters. The molecule has 0 saturated heterocycles. The van der Waals surface area contributed by atoms with Crippen molar-refractivity contribution in [2.24, 2.45) is 0 Å². The number of thiophene rings is 1. The van der Waals surface area contributed by atoms with Gasteiger partial charge in [-0.05, 0) is 55.0 Å². The molecule has 0 aliphatic heterocycles. The van der Waals surface area contributed by atoms with Crippen LogP contribution in [0.4, 0.5) is 0 Å². The van der Waals surface area contributed by atoms with Gasteiger partial charge in [0, 0.05) is 36.7 Å². The van der Waals surface area contributed by atoms with Gasteiger partial charge in [-0.15, -0.1) is 11.3 Å². The Labute approximate surface area is 200 Å². The number of hydrogen-bond donors (Lipinski definition) is 0. The molecular weight excluding hydrogens is 432 g/mol. The van der Waals surface area contributed by atoms with Crippen LogP contribution in [-0.4, -0.2) is 47.9 Å². The third kappa shape index (κ3) is 7.55.